The van der Waals surface area contributed by atoms with Crippen molar-refractivity contribution in [1.82, 2.24) is 15.2 Å². The van der Waals surface area contributed by atoms with Gasteiger partial charge in [0, 0.05) is 23.5 Å². The lowest BCUT2D eigenvalue weighted by Crippen LogP contribution is -2.32. The molecule has 0 unspecified atom stereocenters. The van der Waals surface area contributed by atoms with Crippen molar-refractivity contribution in [3.63, 3.8) is 0 Å². The van der Waals surface area contributed by atoms with Gasteiger partial charge >= 0.3 is 6.03 Å². The number of para-hydroxylation sites is 1. The zero-order chi connectivity index (χ0) is 17.4. The number of hydrogen-bond donors (Lipinski definition) is 2. The second-order valence-electron chi connectivity index (χ2n) is 6.12. The summed E-state index contributed by atoms with van der Waals surface area (Å²) in [6, 6.07) is 12.6. The molecule has 6 heteroatoms. The van der Waals surface area contributed by atoms with Gasteiger partial charge in [0.2, 0.25) is 0 Å². The minimum absolute atomic E-state index is 0.134. The van der Waals surface area contributed by atoms with Gasteiger partial charge in [-0.2, -0.15) is 0 Å². The van der Waals surface area contributed by atoms with Crippen molar-refractivity contribution in [3.8, 4) is 0 Å². The molecule has 0 aliphatic carbocycles. The van der Waals surface area contributed by atoms with Crippen LogP contribution < -0.4 is 5.32 Å². The number of carbonyl (C=O) groups excluding carboxylic acids is 2. The molecule has 0 saturated carbocycles. The molecule has 3 amide bonds. The first-order chi connectivity index (χ1) is 12.1. The fourth-order valence-electron chi connectivity index (χ4n) is 3.16. The Bertz CT molecular complexity index is 949. The summed E-state index contributed by atoms with van der Waals surface area (Å²) in [6.07, 6.45) is 2.29. The van der Waals surface area contributed by atoms with E-state index in [1.165, 1.54) is 17.0 Å². The number of amides is 3. The molecule has 5 nitrogen and oxygen atoms in total. The van der Waals surface area contributed by atoms with Crippen LogP contribution in [0.4, 0.5) is 9.18 Å². The molecule has 3 aromatic rings. The van der Waals surface area contributed by atoms with E-state index in [1.54, 1.807) is 12.1 Å². The number of benzene rings is 2. The monoisotopic (exact) mass is 337 g/mol. The number of fused-ring (bicyclic) bond motifs is 1. The van der Waals surface area contributed by atoms with Gasteiger partial charge in [-0.05, 0) is 29.3 Å². The van der Waals surface area contributed by atoms with Crippen molar-refractivity contribution in [1.29, 1.82) is 0 Å². The molecular formula is C19H16FN3O2. The van der Waals surface area contributed by atoms with Gasteiger partial charge in [-0.25, -0.2) is 9.18 Å². The fraction of sp³-hybridized carbons (Fsp3) is 0.158. The zero-order valence-electron chi connectivity index (χ0n) is 13.3. The molecule has 0 radical (unpaired) electrons. The van der Waals surface area contributed by atoms with Crippen LogP contribution in [-0.2, 0) is 17.8 Å². The van der Waals surface area contributed by atoms with Gasteiger partial charge in [-0.15, -0.1) is 0 Å². The van der Waals surface area contributed by atoms with Gasteiger partial charge in [0.1, 0.15) is 11.9 Å². The summed E-state index contributed by atoms with van der Waals surface area (Å²) in [5, 5.41) is 3.78. The summed E-state index contributed by atoms with van der Waals surface area (Å²) in [5.74, 6) is -0.613. The Morgan fingerprint density at radius 1 is 1.04 bits per heavy atom. The number of imide groups is 1. The maximum Gasteiger partial charge on any atom is 0.325 e. The molecule has 4 rings (SSSR count). The Morgan fingerprint density at radius 3 is 2.60 bits per heavy atom. The van der Waals surface area contributed by atoms with Crippen molar-refractivity contribution in [2.75, 3.05) is 0 Å². The highest BCUT2D eigenvalue weighted by molar-refractivity contribution is 6.04. The first-order valence-corrected chi connectivity index (χ1v) is 8.03. The normalized spacial score (nSPS) is 17.3. The maximum absolute atomic E-state index is 13.0. The van der Waals surface area contributed by atoms with Gasteiger partial charge in [-0.3, -0.25) is 9.69 Å². The molecule has 2 heterocycles. The van der Waals surface area contributed by atoms with Crippen LogP contribution in [0.5, 0.6) is 0 Å². The van der Waals surface area contributed by atoms with Crippen LogP contribution >= 0.6 is 0 Å². The third-order valence-corrected chi connectivity index (χ3v) is 4.46. The van der Waals surface area contributed by atoms with E-state index in [0.29, 0.717) is 12.0 Å². The Morgan fingerprint density at radius 2 is 1.80 bits per heavy atom. The van der Waals surface area contributed by atoms with E-state index >= 15 is 0 Å². The Hall–Kier alpha value is -3.15. The third-order valence-electron chi connectivity index (χ3n) is 4.46. The third kappa shape index (κ3) is 2.87. The quantitative estimate of drug-likeness (QED) is 0.719. The predicted molar refractivity (Wildman–Crippen MR) is 91.3 cm³/mol. The summed E-state index contributed by atoms with van der Waals surface area (Å²) in [4.78, 5) is 29.1. The number of aromatic amines is 1. The van der Waals surface area contributed by atoms with Crippen LogP contribution in [0.2, 0.25) is 0 Å². The topological polar surface area (TPSA) is 65.2 Å². The van der Waals surface area contributed by atoms with Crippen LogP contribution in [0.3, 0.4) is 0 Å². The number of hydrogen-bond acceptors (Lipinski definition) is 2. The van der Waals surface area contributed by atoms with E-state index in [2.05, 4.69) is 10.3 Å². The number of rotatable bonds is 4. The summed E-state index contributed by atoms with van der Waals surface area (Å²) in [6.45, 7) is 0.134. The SMILES string of the molecule is O=C1N[C@@H](Cc2c[nH]c3ccccc23)C(=O)N1Cc1ccc(F)cc1. The average Bonchev–Trinajstić information content (AvgIpc) is 3.14. The molecule has 1 aromatic heterocycles. The maximum atomic E-state index is 13.0. The highest BCUT2D eigenvalue weighted by atomic mass is 19.1. The molecule has 2 aromatic carbocycles. The van der Waals surface area contributed by atoms with Crippen LogP contribution in [0, 0.1) is 5.82 Å². The lowest BCUT2D eigenvalue weighted by Gasteiger charge is -2.13. The average molecular weight is 337 g/mol. The molecule has 1 aliphatic heterocycles. The molecule has 0 spiro atoms. The van der Waals surface area contributed by atoms with Gasteiger partial charge in [0.05, 0.1) is 6.54 Å². The van der Waals surface area contributed by atoms with Gasteiger partial charge in [0.25, 0.3) is 5.91 Å². The minimum atomic E-state index is -0.591. The number of urea groups is 1. The Labute approximate surface area is 143 Å². The molecule has 1 aliphatic rings. The van der Waals surface area contributed by atoms with Crippen molar-refractivity contribution < 1.29 is 14.0 Å². The van der Waals surface area contributed by atoms with E-state index in [-0.39, 0.29) is 18.3 Å². The summed E-state index contributed by atoms with van der Waals surface area (Å²) < 4.78 is 13.0. The second-order valence-corrected chi connectivity index (χ2v) is 6.12. The lowest BCUT2D eigenvalue weighted by atomic mass is 10.0. The highest BCUT2D eigenvalue weighted by Gasteiger charge is 2.38. The predicted octanol–water partition coefficient (Wildman–Crippen LogP) is 2.97. The summed E-state index contributed by atoms with van der Waals surface area (Å²) in [7, 11) is 0. The van der Waals surface area contributed by atoms with Gasteiger partial charge in [0.15, 0.2) is 0 Å². The minimum Gasteiger partial charge on any atom is -0.361 e. The number of halogens is 1. The van der Waals surface area contributed by atoms with Gasteiger partial charge < -0.3 is 10.3 Å². The first-order valence-electron chi connectivity index (χ1n) is 8.03. The molecule has 25 heavy (non-hydrogen) atoms. The van der Waals surface area contributed by atoms with E-state index in [0.717, 1.165) is 16.5 Å². The van der Waals surface area contributed by atoms with E-state index in [1.807, 2.05) is 30.5 Å². The largest absolute Gasteiger partial charge is 0.361 e. The molecule has 126 valence electrons. The molecule has 1 saturated heterocycles. The lowest BCUT2D eigenvalue weighted by molar-refractivity contribution is -0.127. The number of nitrogens with zero attached hydrogens (tertiary/aromatic N) is 1. The van der Waals surface area contributed by atoms with Gasteiger partial charge in [-0.1, -0.05) is 30.3 Å². The smallest absolute Gasteiger partial charge is 0.325 e. The Balaban J connectivity index is 1.51. The van der Waals surface area contributed by atoms with Crippen LogP contribution in [0.15, 0.2) is 54.7 Å². The molecule has 0 bridgehead atoms. The number of H-pyrrole nitrogens is 1. The van der Waals surface area contributed by atoms with Crippen molar-refractivity contribution in [3.05, 3.63) is 71.7 Å². The molecule has 1 fully saturated rings. The second kappa shape index (κ2) is 6.05. The Kier molecular flexibility index (Phi) is 3.72. The molecule has 1 atom stereocenters. The van der Waals surface area contributed by atoms with Crippen LogP contribution in [-0.4, -0.2) is 27.9 Å². The van der Waals surface area contributed by atoms with E-state index in [9.17, 15) is 14.0 Å². The number of carbonyl (C=O) groups is 2. The van der Waals surface area contributed by atoms with Crippen molar-refractivity contribution >= 4 is 22.8 Å². The van der Waals surface area contributed by atoms with E-state index in [4.69, 9.17) is 0 Å². The summed E-state index contributed by atoms with van der Waals surface area (Å²) >= 11 is 0. The highest BCUT2D eigenvalue weighted by Crippen LogP contribution is 2.22. The molecule has 2 N–H and O–H groups in total. The standard InChI is InChI=1S/C19H16FN3O2/c20-14-7-5-12(6-8-14)11-23-18(24)17(22-19(23)25)9-13-10-21-16-4-2-1-3-15(13)16/h1-8,10,17,21H,9,11H2,(H,22,25)/t17-/m0/s1. The fourth-order valence-corrected chi connectivity index (χ4v) is 3.16. The molecular weight excluding hydrogens is 321 g/mol. The first kappa shape index (κ1) is 15.4. The van der Waals surface area contributed by atoms with Crippen molar-refractivity contribution in [2.45, 2.75) is 19.0 Å². The number of nitrogens with one attached hydrogen (secondary N) is 2. The van der Waals surface area contributed by atoms with Crippen LogP contribution in [0.25, 0.3) is 10.9 Å². The van der Waals surface area contributed by atoms with E-state index < -0.39 is 12.1 Å². The summed E-state index contributed by atoms with van der Waals surface area (Å²) in [5.41, 5.74) is 2.69. The van der Waals surface area contributed by atoms with Crippen molar-refractivity contribution in [2.24, 2.45) is 0 Å². The number of aromatic nitrogens is 1. The van der Waals surface area contributed by atoms with Crippen LogP contribution in [0.1, 0.15) is 11.1 Å². The zero-order valence-corrected chi connectivity index (χ0v) is 13.3.